The van der Waals surface area contributed by atoms with E-state index in [0.717, 1.165) is 22.5 Å². The van der Waals surface area contributed by atoms with E-state index in [1.807, 2.05) is 84.8 Å². The number of rotatable bonds is 6. The van der Waals surface area contributed by atoms with Crippen LogP contribution in [0.4, 0.5) is 0 Å². The summed E-state index contributed by atoms with van der Waals surface area (Å²) in [4.78, 5) is 14.3. The maximum absolute atomic E-state index is 12.6. The summed E-state index contributed by atoms with van der Waals surface area (Å²) >= 11 is 0. The minimum atomic E-state index is 0.0417. The molecule has 2 aromatic heterocycles. The molecule has 4 rings (SSSR count). The van der Waals surface area contributed by atoms with Crippen molar-refractivity contribution in [3.8, 4) is 11.4 Å². The predicted molar refractivity (Wildman–Crippen MR) is 107 cm³/mol. The monoisotopic (exact) mass is 371 g/mol. The molecule has 0 aliphatic heterocycles. The number of carbonyl (C=O) groups excluding carboxylic acids is 1. The van der Waals surface area contributed by atoms with Gasteiger partial charge >= 0.3 is 0 Å². The summed E-state index contributed by atoms with van der Waals surface area (Å²) in [6, 6.07) is 19.8. The molecule has 6 nitrogen and oxygen atoms in total. The van der Waals surface area contributed by atoms with E-state index in [9.17, 15) is 4.79 Å². The highest BCUT2D eigenvalue weighted by molar-refractivity contribution is 5.78. The smallest absolute Gasteiger partial charge is 0.227 e. The lowest BCUT2D eigenvalue weighted by Gasteiger charge is -2.15. The number of likely N-dealkylation sites (N-methyl/N-ethyl adjacent to an activating group) is 1. The van der Waals surface area contributed by atoms with E-state index in [-0.39, 0.29) is 5.91 Å². The molecular weight excluding hydrogens is 350 g/mol. The average molecular weight is 371 g/mol. The van der Waals surface area contributed by atoms with E-state index in [1.165, 1.54) is 0 Å². The van der Waals surface area contributed by atoms with Gasteiger partial charge in [0.1, 0.15) is 0 Å². The van der Waals surface area contributed by atoms with Gasteiger partial charge in [-0.1, -0.05) is 36.4 Å². The fraction of sp³-hybridized carbons (Fsp3) is 0.136. The van der Waals surface area contributed by atoms with Crippen LogP contribution in [0.2, 0.25) is 0 Å². The van der Waals surface area contributed by atoms with E-state index >= 15 is 0 Å². The summed E-state index contributed by atoms with van der Waals surface area (Å²) in [5.41, 5.74) is 3.85. The van der Waals surface area contributed by atoms with Crippen LogP contribution < -0.4 is 0 Å². The molecule has 0 unspecified atom stereocenters. The van der Waals surface area contributed by atoms with Crippen molar-refractivity contribution in [1.82, 2.24) is 24.5 Å². The third-order valence-electron chi connectivity index (χ3n) is 4.51. The zero-order valence-electron chi connectivity index (χ0n) is 15.6. The van der Waals surface area contributed by atoms with Crippen LogP contribution in [-0.2, 0) is 17.8 Å². The van der Waals surface area contributed by atoms with Crippen LogP contribution in [0.5, 0.6) is 0 Å². The molecule has 2 heterocycles. The molecule has 0 atom stereocenters. The van der Waals surface area contributed by atoms with Crippen LogP contribution in [0.25, 0.3) is 11.4 Å². The van der Waals surface area contributed by atoms with Crippen molar-refractivity contribution in [2.45, 2.75) is 13.0 Å². The molecule has 0 bridgehead atoms. The first kappa shape index (κ1) is 17.7. The van der Waals surface area contributed by atoms with Crippen molar-refractivity contribution >= 4 is 5.91 Å². The molecule has 0 saturated heterocycles. The molecule has 4 aromatic rings. The number of amides is 1. The molecule has 0 N–H and O–H groups in total. The lowest BCUT2D eigenvalue weighted by Crippen LogP contribution is -2.27. The van der Waals surface area contributed by atoms with Gasteiger partial charge in [-0.3, -0.25) is 4.79 Å². The van der Waals surface area contributed by atoms with Crippen LogP contribution >= 0.6 is 0 Å². The fourth-order valence-electron chi connectivity index (χ4n) is 3.01. The highest BCUT2D eigenvalue weighted by Gasteiger charge is 2.13. The van der Waals surface area contributed by atoms with Gasteiger partial charge < -0.3 is 4.90 Å². The minimum absolute atomic E-state index is 0.0417. The van der Waals surface area contributed by atoms with Crippen molar-refractivity contribution in [2.24, 2.45) is 0 Å². The summed E-state index contributed by atoms with van der Waals surface area (Å²) in [6.07, 6.45) is 7.70. The van der Waals surface area contributed by atoms with Gasteiger partial charge in [-0.15, -0.1) is 0 Å². The zero-order valence-corrected chi connectivity index (χ0v) is 15.6. The van der Waals surface area contributed by atoms with Crippen LogP contribution in [0, 0.1) is 0 Å². The minimum Gasteiger partial charge on any atom is -0.341 e. The number of aromatic nitrogens is 4. The Kier molecular flexibility index (Phi) is 5.01. The second-order valence-electron chi connectivity index (χ2n) is 6.68. The maximum atomic E-state index is 12.6. The second-order valence-corrected chi connectivity index (χ2v) is 6.68. The Bertz CT molecular complexity index is 1050. The van der Waals surface area contributed by atoms with E-state index in [0.29, 0.717) is 13.0 Å². The van der Waals surface area contributed by atoms with E-state index < -0.39 is 0 Å². The summed E-state index contributed by atoms with van der Waals surface area (Å²) in [5, 5.41) is 8.74. The van der Waals surface area contributed by atoms with E-state index in [2.05, 4.69) is 10.2 Å². The second kappa shape index (κ2) is 7.92. The topological polar surface area (TPSA) is 56.0 Å². The van der Waals surface area contributed by atoms with Crippen LogP contribution in [0.15, 0.2) is 85.5 Å². The van der Waals surface area contributed by atoms with Gasteiger partial charge in [-0.05, 0) is 29.8 Å². The van der Waals surface area contributed by atoms with E-state index in [4.69, 9.17) is 0 Å². The van der Waals surface area contributed by atoms with Gasteiger partial charge in [0.05, 0.1) is 30.2 Å². The maximum Gasteiger partial charge on any atom is 0.227 e. The lowest BCUT2D eigenvalue weighted by molar-refractivity contribution is -0.129. The summed E-state index contributed by atoms with van der Waals surface area (Å²) in [6.45, 7) is 0.512. The van der Waals surface area contributed by atoms with Gasteiger partial charge in [0, 0.05) is 31.5 Å². The standard InChI is InChI=1S/C22H21N5O/c1-25(15-19-14-24-27(17-19)21-10-6-3-7-11-21)22(28)12-18-13-23-26(16-18)20-8-4-2-5-9-20/h2-11,13-14,16-17H,12,15H2,1H3. The first-order chi connectivity index (χ1) is 13.7. The van der Waals surface area contributed by atoms with Crippen LogP contribution in [-0.4, -0.2) is 37.4 Å². The summed E-state index contributed by atoms with van der Waals surface area (Å²) < 4.78 is 3.60. The Morgan fingerprint density at radius 2 is 1.32 bits per heavy atom. The Balaban J connectivity index is 1.38. The molecule has 0 radical (unpaired) electrons. The Labute approximate surface area is 163 Å². The average Bonchev–Trinajstić information content (AvgIpc) is 3.39. The normalized spacial score (nSPS) is 10.8. The van der Waals surface area contributed by atoms with Crippen molar-refractivity contribution in [3.63, 3.8) is 0 Å². The number of carbonyl (C=O) groups is 1. The Morgan fingerprint density at radius 3 is 1.89 bits per heavy atom. The Morgan fingerprint density at radius 1 is 0.821 bits per heavy atom. The van der Waals surface area contributed by atoms with Gasteiger partial charge in [0.15, 0.2) is 0 Å². The predicted octanol–water partition coefficient (Wildman–Crippen LogP) is 3.26. The van der Waals surface area contributed by atoms with Crippen molar-refractivity contribution in [3.05, 3.63) is 96.6 Å². The third kappa shape index (κ3) is 4.01. The number of hydrogen-bond donors (Lipinski definition) is 0. The van der Waals surface area contributed by atoms with E-state index in [1.54, 1.807) is 22.0 Å². The van der Waals surface area contributed by atoms with Gasteiger partial charge in [0.2, 0.25) is 5.91 Å². The first-order valence-corrected chi connectivity index (χ1v) is 9.11. The quantitative estimate of drug-likeness (QED) is 0.523. The Hall–Kier alpha value is -3.67. The molecule has 0 fully saturated rings. The van der Waals surface area contributed by atoms with Crippen LogP contribution in [0.1, 0.15) is 11.1 Å². The number of hydrogen-bond acceptors (Lipinski definition) is 3. The number of nitrogens with zero attached hydrogens (tertiary/aromatic N) is 5. The lowest BCUT2D eigenvalue weighted by atomic mass is 10.2. The molecule has 0 saturated carbocycles. The number of para-hydroxylation sites is 2. The fourth-order valence-corrected chi connectivity index (χ4v) is 3.01. The molecule has 6 heteroatoms. The zero-order chi connectivity index (χ0) is 19.3. The highest BCUT2D eigenvalue weighted by atomic mass is 16.2. The molecule has 2 aromatic carbocycles. The summed E-state index contributed by atoms with van der Waals surface area (Å²) in [5.74, 6) is 0.0417. The summed E-state index contributed by atoms with van der Waals surface area (Å²) in [7, 11) is 1.81. The number of benzene rings is 2. The molecular formula is C22H21N5O. The molecule has 0 aliphatic carbocycles. The van der Waals surface area contributed by atoms with Gasteiger partial charge in [-0.2, -0.15) is 10.2 Å². The van der Waals surface area contributed by atoms with Crippen molar-refractivity contribution in [2.75, 3.05) is 7.05 Å². The molecule has 0 spiro atoms. The highest BCUT2D eigenvalue weighted by Crippen LogP contribution is 2.12. The van der Waals surface area contributed by atoms with Gasteiger partial charge in [-0.25, -0.2) is 9.36 Å². The third-order valence-corrected chi connectivity index (χ3v) is 4.51. The van der Waals surface area contributed by atoms with Gasteiger partial charge in [0.25, 0.3) is 0 Å². The SMILES string of the molecule is CN(Cc1cnn(-c2ccccc2)c1)C(=O)Cc1cnn(-c2ccccc2)c1. The molecule has 1 amide bonds. The van der Waals surface area contributed by atoms with Crippen molar-refractivity contribution < 1.29 is 4.79 Å². The first-order valence-electron chi connectivity index (χ1n) is 9.11. The molecule has 140 valence electrons. The largest absolute Gasteiger partial charge is 0.341 e. The molecule has 0 aliphatic rings. The van der Waals surface area contributed by atoms with Crippen LogP contribution in [0.3, 0.4) is 0 Å². The molecule has 28 heavy (non-hydrogen) atoms. The van der Waals surface area contributed by atoms with Crippen molar-refractivity contribution in [1.29, 1.82) is 0 Å².